The normalized spacial score (nSPS) is 47.0. The topological polar surface area (TPSA) is 128 Å². The predicted octanol–water partition coefficient (Wildman–Crippen LogP) is 6.38. The zero-order valence-electron chi connectivity index (χ0n) is 27.2. The number of fused-ring (bicyclic) bond motifs is 4. The fourth-order valence-corrected chi connectivity index (χ4v) is 9.66. The maximum absolute atomic E-state index is 13.5. The molecule has 0 radical (unpaired) electrons. The molecule has 17 heteroatoms. The molecule has 8 fully saturated rings. The quantitative estimate of drug-likeness (QED) is 0.195. The summed E-state index contributed by atoms with van der Waals surface area (Å²) < 4.78 is 102. The SMILES string of the molecule is C[C@@H]1CC[C@H]2C(C(=O)O)=C(C(F)(F)F)O[C@@H]3O[C@]4(C)CCC1[C@]32OO4.C[C@@H]1CC[C@H]2C(C=O)=C(C(F)(F)F)O[C@@H]3O[C@]4(C)CCC1[C@]32OO4. The number of rotatable bonds is 2. The Hall–Kier alpha value is -2.44. The zero-order valence-corrected chi connectivity index (χ0v) is 27.2. The van der Waals surface area contributed by atoms with E-state index in [1.807, 2.05) is 13.8 Å². The van der Waals surface area contributed by atoms with E-state index >= 15 is 0 Å². The number of alkyl halides is 6. The van der Waals surface area contributed by atoms with Gasteiger partial charge in [0.15, 0.2) is 11.2 Å². The molecule has 6 saturated heterocycles. The van der Waals surface area contributed by atoms with Crippen LogP contribution in [0.3, 0.4) is 0 Å². The summed E-state index contributed by atoms with van der Waals surface area (Å²) in [6.45, 7) is 7.25. The second kappa shape index (κ2) is 11.3. The molecule has 8 aliphatic heterocycles. The molecular formula is C32H38F6O11. The van der Waals surface area contributed by atoms with E-state index in [4.69, 9.17) is 38.5 Å². The number of aldehydes is 1. The van der Waals surface area contributed by atoms with Crippen LogP contribution in [0, 0.1) is 35.5 Å². The second-order valence-corrected chi connectivity index (χ2v) is 14.9. The fourth-order valence-electron chi connectivity index (χ4n) is 9.66. The van der Waals surface area contributed by atoms with Crippen molar-refractivity contribution in [2.75, 3.05) is 0 Å². The number of carboxylic acid groups (broad SMARTS) is 1. The first-order valence-corrected chi connectivity index (χ1v) is 16.5. The van der Waals surface area contributed by atoms with Gasteiger partial charge in [-0.3, -0.25) is 4.79 Å². The van der Waals surface area contributed by atoms with E-state index in [9.17, 15) is 41.0 Å². The van der Waals surface area contributed by atoms with Crippen LogP contribution >= 0.6 is 0 Å². The molecule has 274 valence electrons. The summed E-state index contributed by atoms with van der Waals surface area (Å²) >= 11 is 0. The maximum atomic E-state index is 13.5. The van der Waals surface area contributed by atoms with Crippen LogP contribution in [0.25, 0.3) is 0 Å². The lowest BCUT2D eigenvalue weighted by atomic mass is 9.59. The Kier molecular flexibility index (Phi) is 8.05. The Morgan fingerprint density at radius 1 is 0.714 bits per heavy atom. The summed E-state index contributed by atoms with van der Waals surface area (Å²) in [7, 11) is 0. The minimum absolute atomic E-state index is 0.102. The molecule has 10 rings (SSSR count). The zero-order chi connectivity index (χ0) is 35.5. The van der Waals surface area contributed by atoms with Gasteiger partial charge in [0, 0.05) is 42.1 Å². The lowest BCUT2D eigenvalue weighted by molar-refractivity contribution is -0.557. The maximum Gasteiger partial charge on any atom is 0.449 e. The summed E-state index contributed by atoms with van der Waals surface area (Å²) in [4.78, 5) is 45.4. The number of hydrogen-bond donors (Lipinski definition) is 1. The molecule has 4 bridgehead atoms. The van der Waals surface area contributed by atoms with Crippen molar-refractivity contribution in [3.05, 3.63) is 22.7 Å². The van der Waals surface area contributed by atoms with Crippen LogP contribution in [0.2, 0.25) is 0 Å². The Balaban J connectivity index is 0.000000154. The molecule has 8 heterocycles. The van der Waals surface area contributed by atoms with Gasteiger partial charge in [-0.1, -0.05) is 13.8 Å². The van der Waals surface area contributed by atoms with E-state index in [0.29, 0.717) is 44.9 Å². The van der Waals surface area contributed by atoms with Gasteiger partial charge >= 0.3 is 18.3 Å². The second-order valence-electron chi connectivity index (χ2n) is 14.9. The highest BCUT2D eigenvalue weighted by Gasteiger charge is 2.72. The number of carbonyl (C=O) groups is 2. The van der Waals surface area contributed by atoms with Gasteiger partial charge in [0.25, 0.3) is 0 Å². The molecule has 0 aromatic heterocycles. The minimum Gasteiger partial charge on any atom is -0.478 e. The minimum atomic E-state index is -4.93. The molecule has 0 aromatic carbocycles. The summed E-state index contributed by atoms with van der Waals surface area (Å²) in [5.41, 5.74) is -3.78. The first-order chi connectivity index (χ1) is 22.8. The van der Waals surface area contributed by atoms with Gasteiger partial charge in [0.1, 0.15) is 6.29 Å². The molecule has 49 heavy (non-hydrogen) atoms. The Labute approximate surface area is 277 Å². The molecule has 1 N–H and O–H groups in total. The largest absolute Gasteiger partial charge is 0.478 e. The van der Waals surface area contributed by atoms with Gasteiger partial charge in [-0.15, -0.1) is 0 Å². The number of aliphatic carboxylic acids is 1. The van der Waals surface area contributed by atoms with Crippen LogP contribution in [-0.2, 0) is 48.1 Å². The lowest BCUT2D eigenvalue weighted by Gasteiger charge is -2.56. The first-order valence-electron chi connectivity index (χ1n) is 16.5. The van der Waals surface area contributed by atoms with Crippen LogP contribution in [0.1, 0.15) is 79.1 Å². The molecule has 2 spiro atoms. The summed E-state index contributed by atoms with van der Waals surface area (Å²) in [6, 6.07) is 0. The Bertz CT molecular complexity index is 1460. The van der Waals surface area contributed by atoms with Gasteiger partial charge in [0.2, 0.25) is 35.7 Å². The first kappa shape index (κ1) is 35.0. The van der Waals surface area contributed by atoms with Crippen molar-refractivity contribution in [2.24, 2.45) is 35.5 Å². The van der Waals surface area contributed by atoms with Crippen molar-refractivity contribution in [1.29, 1.82) is 0 Å². The number of carboxylic acids is 1. The number of allylic oxidation sites excluding steroid dienone is 2. The molecule has 0 aromatic rings. The van der Waals surface area contributed by atoms with Crippen LogP contribution in [0.5, 0.6) is 0 Å². The Morgan fingerprint density at radius 3 is 1.61 bits per heavy atom. The highest BCUT2D eigenvalue weighted by molar-refractivity contribution is 5.88. The third kappa shape index (κ3) is 5.15. The van der Waals surface area contributed by atoms with Gasteiger partial charge in [-0.25, -0.2) is 24.3 Å². The van der Waals surface area contributed by atoms with Gasteiger partial charge < -0.3 is 24.1 Å². The van der Waals surface area contributed by atoms with Gasteiger partial charge in [-0.05, 0) is 64.2 Å². The van der Waals surface area contributed by atoms with E-state index in [2.05, 4.69) is 0 Å². The van der Waals surface area contributed by atoms with Crippen LogP contribution in [-0.4, -0.2) is 65.1 Å². The molecule has 12 atom stereocenters. The van der Waals surface area contributed by atoms with E-state index in [-0.39, 0.29) is 36.4 Å². The van der Waals surface area contributed by atoms with Crippen molar-refractivity contribution >= 4 is 12.3 Å². The standard InChI is InChI=1S/C16H19F3O6.C16H19F3O5/c1-7-3-4-9-10(12(20)21)11(16(17,18)19)22-13-15(9)8(7)5-6-14(2,23-13)24-25-15;1-8-3-4-11-9(7-20)12(16(17,18)19)21-13-15(11)10(8)5-6-14(2,22-13)23-24-15/h7-9,13H,3-6H2,1-2H3,(H,20,21);7-8,10-11,13H,3-6H2,1-2H3/t7-,8?,9+,13-,14+,15-;8-,10?,11+,13-,14+,15-/m11/s1. The van der Waals surface area contributed by atoms with E-state index in [0.717, 1.165) is 0 Å². The van der Waals surface area contributed by atoms with Crippen LogP contribution in [0.15, 0.2) is 22.7 Å². The van der Waals surface area contributed by atoms with E-state index in [1.165, 1.54) is 0 Å². The number of halogens is 6. The van der Waals surface area contributed by atoms with Crippen molar-refractivity contribution in [3.63, 3.8) is 0 Å². The monoisotopic (exact) mass is 712 g/mol. The predicted molar refractivity (Wildman–Crippen MR) is 148 cm³/mol. The van der Waals surface area contributed by atoms with Gasteiger partial charge in [0.05, 0.1) is 5.57 Å². The van der Waals surface area contributed by atoms with E-state index < -0.39 is 88.2 Å². The highest BCUT2D eigenvalue weighted by Crippen LogP contribution is 2.63. The lowest BCUT2D eigenvalue weighted by Crippen LogP contribution is -2.67. The summed E-state index contributed by atoms with van der Waals surface area (Å²) in [5, 5.41) is 9.51. The Morgan fingerprint density at radius 2 is 1.16 bits per heavy atom. The molecule has 10 aliphatic rings. The summed E-state index contributed by atoms with van der Waals surface area (Å²) in [5.74, 6) is -8.52. The average molecular weight is 713 g/mol. The summed E-state index contributed by atoms with van der Waals surface area (Å²) in [6.07, 6.45) is -7.87. The number of ether oxygens (including phenoxy) is 4. The average Bonchev–Trinajstić information content (AvgIpc) is 3.39. The molecule has 11 nitrogen and oxygen atoms in total. The third-order valence-electron chi connectivity index (χ3n) is 12.0. The van der Waals surface area contributed by atoms with Crippen molar-refractivity contribution in [1.82, 2.24) is 0 Å². The highest BCUT2D eigenvalue weighted by atomic mass is 19.4. The molecule has 2 unspecified atom stereocenters. The molecule has 0 amide bonds. The number of hydrogen-bond acceptors (Lipinski definition) is 10. The van der Waals surface area contributed by atoms with Crippen molar-refractivity contribution in [3.8, 4) is 0 Å². The number of carbonyl (C=O) groups excluding carboxylic acids is 1. The van der Waals surface area contributed by atoms with E-state index in [1.54, 1.807) is 13.8 Å². The van der Waals surface area contributed by atoms with Crippen molar-refractivity contribution in [2.45, 2.75) is 127 Å². The fraction of sp³-hybridized carbons (Fsp3) is 0.812. The van der Waals surface area contributed by atoms with Crippen LogP contribution < -0.4 is 0 Å². The smallest absolute Gasteiger partial charge is 0.449 e. The molecule has 2 saturated carbocycles. The van der Waals surface area contributed by atoms with Crippen LogP contribution in [0.4, 0.5) is 26.3 Å². The van der Waals surface area contributed by atoms with Crippen molar-refractivity contribution < 1.29 is 79.5 Å². The molecular weight excluding hydrogens is 674 g/mol. The third-order valence-corrected chi connectivity index (χ3v) is 12.0. The van der Waals surface area contributed by atoms with Gasteiger partial charge in [-0.2, -0.15) is 26.3 Å². The molecule has 2 aliphatic carbocycles.